The smallest absolute Gasteiger partial charge is 0.0438 e. The van der Waals surface area contributed by atoms with Crippen molar-refractivity contribution < 1.29 is 0 Å². The third-order valence-electron chi connectivity index (χ3n) is 2.92. The highest BCUT2D eigenvalue weighted by Gasteiger charge is 2.01. The summed E-state index contributed by atoms with van der Waals surface area (Å²) in [6.07, 6.45) is 2.05. The molecular formula is C16H17Cl. The molecule has 0 aliphatic carbocycles. The molecule has 0 fully saturated rings. The SMILES string of the molecule is Cc1cc(C)cc(CCc2ccccc2Cl)c1. The van der Waals surface area contributed by atoms with Gasteiger partial charge in [0.1, 0.15) is 0 Å². The molecule has 17 heavy (non-hydrogen) atoms. The van der Waals surface area contributed by atoms with Crippen LogP contribution in [0.15, 0.2) is 42.5 Å². The summed E-state index contributed by atoms with van der Waals surface area (Å²) in [5.41, 5.74) is 5.29. The van der Waals surface area contributed by atoms with Crippen molar-refractivity contribution in [2.45, 2.75) is 26.7 Å². The van der Waals surface area contributed by atoms with Crippen molar-refractivity contribution in [3.63, 3.8) is 0 Å². The maximum atomic E-state index is 6.15. The van der Waals surface area contributed by atoms with E-state index in [0.717, 1.165) is 17.9 Å². The van der Waals surface area contributed by atoms with Crippen LogP contribution in [-0.4, -0.2) is 0 Å². The van der Waals surface area contributed by atoms with Crippen molar-refractivity contribution in [3.8, 4) is 0 Å². The average molecular weight is 245 g/mol. The lowest BCUT2D eigenvalue weighted by Crippen LogP contribution is -1.93. The van der Waals surface area contributed by atoms with E-state index in [1.54, 1.807) is 0 Å². The van der Waals surface area contributed by atoms with Crippen LogP contribution in [0.4, 0.5) is 0 Å². The second kappa shape index (κ2) is 5.37. The van der Waals surface area contributed by atoms with Gasteiger partial charge in [-0.3, -0.25) is 0 Å². The molecule has 2 rings (SSSR count). The maximum Gasteiger partial charge on any atom is 0.0438 e. The van der Waals surface area contributed by atoms with Crippen molar-refractivity contribution in [1.82, 2.24) is 0 Å². The Labute approximate surface area is 108 Å². The van der Waals surface area contributed by atoms with Gasteiger partial charge in [0.25, 0.3) is 0 Å². The van der Waals surface area contributed by atoms with Crippen LogP contribution in [0.1, 0.15) is 22.3 Å². The summed E-state index contributed by atoms with van der Waals surface area (Å²) in [4.78, 5) is 0. The number of benzene rings is 2. The number of hydrogen-bond acceptors (Lipinski definition) is 0. The molecule has 0 bridgehead atoms. The Hall–Kier alpha value is -1.27. The molecule has 0 aliphatic heterocycles. The van der Waals surface area contributed by atoms with Crippen LogP contribution in [-0.2, 0) is 12.8 Å². The minimum atomic E-state index is 0.872. The van der Waals surface area contributed by atoms with E-state index in [4.69, 9.17) is 11.6 Å². The highest BCUT2D eigenvalue weighted by molar-refractivity contribution is 6.31. The molecule has 0 heterocycles. The van der Waals surface area contributed by atoms with Crippen molar-refractivity contribution in [2.75, 3.05) is 0 Å². The fourth-order valence-electron chi connectivity index (χ4n) is 2.19. The molecular weight excluding hydrogens is 228 g/mol. The van der Waals surface area contributed by atoms with Gasteiger partial charge in [-0.1, -0.05) is 59.1 Å². The summed E-state index contributed by atoms with van der Waals surface area (Å²) >= 11 is 6.15. The van der Waals surface area contributed by atoms with E-state index in [2.05, 4.69) is 38.1 Å². The van der Waals surface area contributed by atoms with Crippen LogP contribution in [0.25, 0.3) is 0 Å². The van der Waals surface area contributed by atoms with Gasteiger partial charge < -0.3 is 0 Å². The van der Waals surface area contributed by atoms with Crippen molar-refractivity contribution in [1.29, 1.82) is 0 Å². The number of halogens is 1. The molecule has 2 aromatic rings. The lowest BCUT2D eigenvalue weighted by Gasteiger charge is -2.06. The Morgan fingerprint density at radius 2 is 1.53 bits per heavy atom. The van der Waals surface area contributed by atoms with Crippen molar-refractivity contribution in [3.05, 3.63) is 69.7 Å². The summed E-state index contributed by atoms with van der Waals surface area (Å²) in [6.45, 7) is 4.29. The van der Waals surface area contributed by atoms with Gasteiger partial charge in [0.2, 0.25) is 0 Å². The maximum absolute atomic E-state index is 6.15. The highest BCUT2D eigenvalue weighted by atomic mass is 35.5. The van der Waals surface area contributed by atoms with E-state index in [0.29, 0.717) is 0 Å². The van der Waals surface area contributed by atoms with E-state index in [9.17, 15) is 0 Å². The largest absolute Gasteiger partial charge is 0.0840 e. The molecule has 0 unspecified atom stereocenters. The molecule has 0 amide bonds. The van der Waals surface area contributed by atoms with Crippen LogP contribution in [0.5, 0.6) is 0 Å². The van der Waals surface area contributed by atoms with Gasteiger partial charge in [-0.05, 0) is 43.9 Å². The molecule has 0 N–H and O–H groups in total. The van der Waals surface area contributed by atoms with E-state index < -0.39 is 0 Å². The van der Waals surface area contributed by atoms with Gasteiger partial charge in [-0.2, -0.15) is 0 Å². The first-order valence-electron chi connectivity index (χ1n) is 5.96. The van der Waals surface area contributed by atoms with E-state index >= 15 is 0 Å². The van der Waals surface area contributed by atoms with Crippen LogP contribution >= 0.6 is 11.6 Å². The summed E-state index contributed by atoms with van der Waals surface area (Å²) in [5, 5.41) is 0.872. The Morgan fingerprint density at radius 3 is 2.18 bits per heavy atom. The minimum Gasteiger partial charge on any atom is -0.0840 e. The molecule has 0 radical (unpaired) electrons. The molecule has 0 saturated carbocycles. The quantitative estimate of drug-likeness (QED) is 0.732. The van der Waals surface area contributed by atoms with Crippen molar-refractivity contribution >= 4 is 11.6 Å². The van der Waals surface area contributed by atoms with Gasteiger partial charge in [-0.15, -0.1) is 0 Å². The fourth-order valence-corrected chi connectivity index (χ4v) is 2.42. The van der Waals surface area contributed by atoms with Gasteiger partial charge in [-0.25, -0.2) is 0 Å². The van der Waals surface area contributed by atoms with Crippen LogP contribution in [0.3, 0.4) is 0 Å². The first-order chi connectivity index (χ1) is 8.15. The molecule has 0 nitrogen and oxygen atoms in total. The Morgan fingerprint density at radius 1 is 0.882 bits per heavy atom. The topological polar surface area (TPSA) is 0 Å². The fraction of sp³-hybridized carbons (Fsp3) is 0.250. The average Bonchev–Trinajstić information content (AvgIpc) is 2.27. The molecule has 0 aromatic heterocycles. The van der Waals surface area contributed by atoms with Crippen LogP contribution < -0.4 is 0 Å². The summed E-state index contributed by atoms with van der Waals surface area (Å²) in [5.74, 6) is 0. The van der Waals surface area contributed by atoms with E-state index in [1.807, 2.05) is 18.2 Å². The zero-order chi connectivity index (χ0) is 12.3. The third-order valence-corrected chi connectivity index (χ3v) is 3.29. The van der Waals surface area contributed by atoms with Gasteiger partial charge >= 0.3 is 0 Å². The second-order valence-corrected chi connectivity index (χ2v) is 4.99. The van der Waals surface area contributed by atoms with E-state index in [-0.39, 0.29) is 0 Å². The lowest BCUT2D eigenvalue weighted by atomic mass is 10.0. The standard InChI is InChI=1S/C16H17Cl/c1-12-9-13(2)11-14(10-12)7-8-15-5-3-4-6-16(15)17/h3-6,9-11H,7-8H2,1-2H3. The van der Waals surface area contributed by atoms with Gasteiger partial charge in [0.05, 0.1) is 0 Å². The van der Waals surface area contributed by atoms with Crippen molar-refractivity contribution in [2.24, 2.45) is 0 Å². The summed E-state index contributed by atoms with van der Waals surface area (Å²) in [7, 11) is 0. The Bertz CT molecular complexity index is 494. The Kier molecular flexibility index (Phi) is 3.86. The zero-order valence-corrected chi connectivity index (χ0v) is 11.1. The molecule has 2 aromatic carbocycles. The van der Waals surface area contributed by atoms with E-state index in [1.165, 1.54) is 22.3 Å². The number of rotatable bonds is 3. The molecule has 1 heteroatoms. The lowest BCUT2D eigenvalue weighted by molar-refractivity contribution is 0.956. The van der Waals surface area contributed by atoms with Gasteiger partial charge in [0, 0.05) is 5.02 Å². The third kappa shape index (κ3) is 3.34. The Balaban J connectivity index is 2.10. The normalized spacial score (nSPS) is 10.5. The predicted molar refractivity (Wildman–Crippen MR) is 74.8 cm³/mol. The monoisotopic (exact) mass is 244 g/mol. The number of hydrogen-bond donors (Lipinski definition) is 0. The number of aryl methyl sites for hydroxylation is 4. The van der Waals surface area contributed by atoms with Gasteiger partial charge in [0.15, 0.2) is 0 Å². The molecule has 0 spiro atoms. The minimum absolute atomic E-state index is 0.872. The van der Waals surface area contributed by atoms with Crippen LogP contribution in [0, 0.1) is 13.8 Å². The zero-order valence-electron chi connectivity index (χ0n) is 10.3. The van der Waals surface area contributed by atoms with Crippen LogP contribution in [0.2, 0.25) is 5.02 Å². The molecule has 0 aliphatic rings. The first-order valence-corrected chi connectivity index (χ1v) is 6.33. The summed E-state index contributed by atoms with van der Waals surface area (Å²) in [6, 6.07) is 14.8. The molecule has 0 atom stereocenters. The molecule has 0 saturated heterocycles. The highest BCUT2D eigenvalue weighted by Crippen LogP contribution is 2.18. The predicted octanol–water partition coefficient (Wildman–Crippen LogP) is 4.74. The second-order valence-electron chi connectivity index (χ2n) is 4.59. The molecule has 88 valence electrons. The first kappa shape index (κ1) is 12.2. The summed E-state index contributed by atoms with van der Waals surface area (Å²) < 4.78 is 0.